The van der Waals surface area contributed by atoms with Gasteiger partial charge in [0.2, 0.25) is 0 Å². The Morgan fingerprint density at radius 3 is 3.17 bits per heavy atom. The van der Waals surface area contributed by atoms with Gasteiger partial charge in [0.25, 0.3) is 5.91 Å². The molecule has 2 aromatic heterocycles. The fourth-order valence-corrected chi connectivity index (χ4v) is 3.95. The summed E-state index contributed by atoms with van der Waals surface area (Å²) in [6, 6.07) is 6.11. The van der Waals surface area contributed by atoms with Gasteiger partial charge in [0, 0.05) is 24.0 Å². The molecule has 0 radical (unpaired) electrons. The normalized spacial score (nSPS) is 13.1. The van der Waals surface area contributed by atoms with E-state index in [9.17, 15) is 4.79 Å². The van der Waals surface area contributed by atoms with E-state index in [0.29, 0.717) is 12.2 Å². The van der Waals surface area contributed by atoms with Crippen molar-refractivity contribution in [2.45, 2.75) is 33.2 Å². The van der Waals surface area contributed by atoms with E-state index in [4.69, 9.17) is 4.74 Å². The third-order valence-electron chi connectivity index (χ3n) is 4.27. The summed E-state index contributed by atoms with van der Waals surface area (Å²) in [4.78, 5) is 19.3. The number of imidazole rings is 1. The second kappa shape index (κ2) is 5.94. The third-order valence-corrected chi connectivity index (χ3v) is 5.17. The molecule has 124 valence electrons. The molecule has 0 fully saturated rings. The molecule has 1 aliphatic rings. The van der Waals surface area contributed by atoms with Crippen molar-refractivity contribution in [3.05, 3.63) is 51.8 Å². The molecule has 1 N–H and O–H groups in total. The summed E-state index contributed by atoms with van der Waals surface area (Å²) in [5, 5.41) is 3.03. The highest BCUT2D eigenvalue weighted by Crippen LogP contribution is 2.26. The standard InChI is InChI=1S/C18H19N3O2S/c1-3-14-16(21-10-11(2)24-18(21)20-14)17(22)19-9-12-4-5-15-13(8-12)6-7-23-15/h4-5,8,10H,3,6-7,9H2,1-2H3,(H,19,22). The Balaban J connectivity index is 1.56. The van der Waals surface area contributed by atoms with Crippen LogP contribution in [0.25, 0.3) is 4.96 Å². The number of amides is 1. The molecule has 5 nitrogen and oxygen atoms in total. The van der Waals surface area contributed by atoms with Crippen LogP contribution in [0.4, 0.5) is 0 Å². The predicted molar refractivity (Wildman–Crippen MR) is 94.0 cm³/mol. The van der Waals surface area contributed by atoms with Crippen molar-refractivity contribution in [2.75, 3.05) is 6.61 Å². The number of ether oxygens (including phenoxy) is 1. The molecule has 0 bridgehead atoms. The zero-order valence-corrected chi connectivity index (χ0v) is 14.6. The van der Waals surface area contributed by atoms with E-state index in [1.807, 2.05) is 36.6 Å². The van der Waals surface area contributed by atoms with Crippen LogP contribution < -0.4 is 10.1 Å². The first-order valence-corrected chi connectivity index (χ1v) is 8.97. The van der Waals surface area contributed by atoms with Gasteiger partial charge in [0.15, 0.2) is 4.96 Å². The van der Waals surface area contributed by atoms with Gasteiger partial charge in [-0.15, -0.1) is 11.3 Å². The van der Waals surface area contributed by atoms with Crippen LogP contribution >= 0.6 is 11.3 Å². The number of carbonyl (C=O) groups excluding carboxylic acids is 1. The van der Waals surface area contributed by atoms with Crippen molar-refractivity contribution in [2.24, 2.45) is 0 Å². The number of carbonyl (C=O) groups is 1. The minimum absolute atomic E-state index is 0.0751. The van der Waals surface area contributed by atoms with Crippen LogP contribution in [0.15, 0.2) is 24.4 Å². The van der Waals surface area contributed by atoms with E-state index in [2.05, 4.69) is 16.4 Å². The zero-order chi connectivity index (χ0) is 16.7. The maximum atomic E-state index is 12.7. The van der Waals surface area contributed by atoms with E-state index in [1.165, 1.54) is 5.56 Å². The van der Waals surface area contributed by atoms with Crippen molar-refractivity contribution < 1.29 is 9.53 Å². The number of aromatic nitrogens is 2. The molecule has 4 rings (SSSR count). The number of thiazole rings is 1. The van der Waals surface area contributed by atoms with Crippen LogP contribution in [0.1, 0.15) is 39.1 Å². The molecule has 6 heteroatoms. The SMILES string of the molecule is CCc1nc2sc(C)cn2c1C(=O)NCc1ccc2c(c1)CCO2. The second-order valence-corrected chi connectivity index (χ2v) is 7.19. The molecule has 1 amide bonds. The Morgan fingerprint density at radius 2 is 2.33 bits per heavy atom. The third kappa shape index (κ3) is 2.57. The van der Waals surface area contributed by atoms with Crippen LogP contribution in [-0.2, 0) is 19.4 Å². The molecule has 0 unspecified atom stereocenters. The minimum atomic E-state index is -0.0751. The van der Waals surface area contributed by atoms with Crippen LogP contribution in [0, 0.1) is 6.92 Å². The molecule has 0 aliphatic carbocycles. The lowest BCUT2D eigenvalue weighted by Crippen LogP contribution is -2.25. The summed E-state index contributed by atoms with van der Waals surface area (Å²) in [5.41, 5.74) is 3.81. The highest BCUT2D eigenvalue weighted by atomic mass is 32.1. The van der Waals surface area contributed by atoms with E-state index in [0.717, 1.165) is 46.3 Å². The van der Waals surface area contributed by atoms with Gasteiger partial charge in [-0.3, -0.25) is 9.20 Å². The largest absolute Gasteiger partial charge is 0.493 e. The van der Waals surface area contributed by atoms with Gasteiger partial charge in [0.05, 0.1) is 12.3 Å². The van der Waals surface area contributed by atoms with E-state index >= 15 is 0 Å². The summed E-state index contributed by atoms with van der Waals surface area (Å²) in [5.74, 6) is 0.887. The Labute approximate surface area is 144 Å². The molecule has 0 atom stereocenters. The van der Waals surface area contributed by atoms with Crippen molar-refractivity contribution in [1.29, 1.82) is 0 Å². The second-order valence-electron chi connectivity index (χ2n) is 5.98. The molecule has 3 heterocycles. The van der Waals surface area contributed by atoms with Crippen molar-refractivity contribution in [3.63, 3.8) is 0 Å². The molecule has 1 aliphatic heterocycles. The number of hydrogen-bond donors (Lipinski definition) is 1. The zero-order valence-electron chi connectivity index (χ0n) is 13.8. The first-order valence-electron chi connectivity index (χ1n) is 8.16. The summed E-state index contributed by atoms with van der Waals surface area (Å²) < 4.78 is 7.43. The number of benzene rings is 1. The number of rotatable bonds is 4. The first-order chi connectivity index (χ1) is 11.7. The highest BCUT2D eigenvalue weighted by molar-refractivity contribution is 7.17. The van der Waals surface area contributed by atoms with Gasteiger partial charge in [-0.25, -0.2) is 4.98 Å². The fraction of sp³-hybridized carbons (Fsp3) is 0.333. The maximum absolute atomic E-state index is 12.7. The Kier molecular flexibility index (Phi) is 3.76. The van der Waals surface area contributed by atoms with Gasteiger partial charge in [-0.2, -0.15) is 0 Å². The Morgan fingerprint density at radius 1 is 1.46 bits per heavy atom. The van der Waals surface area contributed by atoms with Gasteiger partial charge in [-0.1, -0.05) is 19.1 Å². The lowest BCUT2D eigenvalue weighted by atomic mass is 10.1. The van der Waals surface area contributed by atoms with Gasteiger partial charge in [-0.05, 0) is 30.5 Å². The van der Waals surface area contributed by atoms with Crippen molar-refractivity contribution in [3.8, 4) is 5.75 Å². The number of nitrogens with zero attached hydrogens (tertiary/aromatic N) is 2. The van der Waals surface area contributed by atoms with Gasteiger partial charge < -0.3 is 10.1 Å². The molecule has 0 saturated carbocycles. The lowest BCUT2D eigenvalue weighted by Gasteiger charge is -2.07. The molecule has 3 aromatic rings. The van der Waals surface area contributed by atoms with Gasteiger partial charge in [0.1, 0.15) is 11.4 Å². The van der Waals surface area contributed by atoms with E-state index < -0.39 is 0 Å². The predicted octanol–water partition coefficient (Wildman–Crippen LogP) is 3.13. The van der Waals surface area contributed by atoms with E-state index in [-0.39, 0.29) is 5.91 Å². The summed E-state index contributed by atoms with van der Waals surface area (Å²) >= 11 is 1.61. The highest BCUT2D eigenvalue weighted by Gasteiger charge is 2.20. The van der Waals surface area contributed by atoms with Crippen molar-refractivity contribution in [1.82, 2.24) is 14.7 Å². The number of aryl methyl sites for hydroxylation is 2. The first kappa shape index (κ1) is 15.2. The topological polar surface area (TPSA) is 55.6 Å². The van der Waals surface area contributed by atoms with Crippen molar-refractivity contribution >= 4 is 22.2 Å². The summed E-state index contributed by atoms with van der Waals surface area (Å²) in [7, 11) is 0. The van der Waals surface area contributed by atoms with Crippen LogP contribution in [0.5, 0.6) is 5.75 Å². The molecule has 1 aromatic carbocycles. The number of hydrogen-bond acceptors (Lipinski definition) is 4. The Hall–Kier alpha value is -2.34. The quantitative estimate of drug-likeness (QED) is 0.793. The summed E-state index contributed by atoms with van der Waals surface area (Å²) in [6.07, 6.45) is 3.66. The number of fused-ring (bicyclic) bond motifs is 2. The smallest absolute Gasteiger partial charge is 0.270 e. The minimum Gasteiger partial charge on any atom is -0.493 e. The monoisotopic (exact) mass is 341 g/mol. The lowest BCUT2D eigenvalue weighted by molar-refractivity contribution is 0.0944. The maximum Gasteiger partial charge on any atom is 0.270 e. The average molecular weight is 341 g/mol. The Bertz CT molecular complexity index is 926. The molecular weight excluding hydrogens is 322 g/mol. The van der Waals surface area contributed by atoms with Crippen LogP contribution in [-0.4, -0.2) is 21.9 Å². The van der Waals surface area contributed by atoms with E-state index in [1.54, 1.807) is 11.3 Å². The van der Waals surface area contributed by atoms with Gasteiger partial charge >= 0.3 is 0 Å². The molecule has 0 saturated heterocycles. The molecule has 0 spiro atoms. The van der Waals surface area contributed by atoms with Crippen LogP contribution in [0.2, 0.25) is 0 Å². The number of nitrogens with one attached hydrogen (secondary N) is 1. The fourth-order valence-electron chi connectivity index (χ4n) is 3.10. The van der Waals surface area contributed by atoms with Crippen LogP contribution in [0.3, 0.4) is 0 Å². The average Bonchev–Trinajstić information content (AvgIpc) is 3.24. The molecular formula is C18H19N3O2S. The summed E-state index contributed by atoms with van der Waals surface area (Å²) in [6.45, 7) is 5.30. The molecule has 24 heavy (non-hydrogen) atoms.